The molecule has 6 heteroatoms. The van der Waals surface area contributed by atoms with Crippen molar-refractivity contribution in [1.82, 2.24) is 4.98 Å². The van der Waals surface area contributed by atoms with E-state index in [0.717, 1.165) is 5.69 Å². The Labute approximate surface area is 112 Å². The standard InChI is InChI=1S/C13H15N3O2S/c1-9-6-7-11(14)8-12(9)19(17,18)16-13-5-3-4-10(2)15-13/h3-8H,14H2,1-2H3,(H,15,16). The molecule has 0 aliphatic rings. The second kappa shape index (κ2) is 4.89. The van der Waals surface area contributed by atoms with Crippen LogP contribution in [0.1, 0.15) is 11.3 Å². The van der Waals surface area contributed by atoms with Crippen molar-refractivity contribution >= 4 is 21.5 Å². The van der Waals surface area contributed by atoms with Crippen LogP contribution in [0.4, 0.5) is 11.5 Å². The van der Waals surface area contributed by atoms with E-state index in [9.17, 15) is 8.42 Å². The number of nitrogens with two attached hydrogens (primary N) is 1. The Hall–Kier alpha value is -2.08. The zero-order chi connectivity index (χ0) is 14.0. The predicted octanol–water partition coefficient (Wildman–Crippen LogP) is 2.08. The number of rotatable bonds is 3. The van der Waals surface area contributed by atoms with Crippen molar-refractivity contribution in [2.75, 3.05) is 10.5 Å². The molecule has 0 saturated carbocycles. The molecule has 0 bridgehead atoms. The van der Waals surface area contributed by atoms with Crippen molar-refractivity contribution in [2.24, 2.45) is 0 Å². The van der Waals surface area contributed by atoms with Crippen LogP contribution >= 0.6 is 0 Å². The molecule has 100 valence electrons. The Bertz CT molecular complexity index is 712. The van der Waals surface area contributed by atoms with Crippen LogP contribution in [0.15, 0.2) is 41.3 Å². The summed E-state index contributed by atoms with van der Waals surface area (Å²) < 4.78 is 27.0. The average molecular weight is 277 g/mol. The SMILES string of the molecule is Cc1cccc(NS(=O)(=O)c2cc(N)ccc2C)n1. The zero-order valence-corrected chi connectivity index (χ0v) is 11.5. The number of benzene rings is 1. The maximum absolute atomic E-state index is 12.3. The number of nitrogens with one attached hydrogen (secondary N) is 1. The summed E-state index contributed by atoms with van der Waals surface area (Å²) in [6, 6.07) is 9.92. The van der Waals surface area contributed by atoms with Crippen LogP contribution in [0.2, 0.25) is 0 Å². The maximum Gasteiger partial charge on any atom is 0.263 e. The number of hydrogen-bond donors (Lipinski definition) is 2. The first-order chi connectivity index (χ1) is 8.88. The van der Waals surface area contributed by atoms with Gasteiger partial charge in [-0.1, -0.05) is 12.1 Å². The van der Waals surface area contributed by atoms with Crippen molar-refractivity contribution in [3.63, 3.8) is 0 Å². The summed E-state index contributed by atoms with van der Waals surface area (Å²) in [6.07, 6.45) is 0. The Morgan fingerprint density at radius 2 is 1.89 bits per heavy atom. The lowest BCUT2D eigenvalue weighted by molar-refractivity contribution is 0.600. The van der Waals surface area contributed by atoms with Gasteiger partial charge < -0.3 is 5.73 Å². The van der Waals surface area contributed by atoms with Gasteiger partial charge in [-0.2, -0.15) is 0 Å². The van der Waals surface area contributed by atoms with Crippen LogP contribution < -0.4 is 10.5 Å². The van der Waals surface area contributed by atoms with Crippen LogP contribution in [0.25, 0.3) is 0 Å². The number of anilines is 2. The molecule has 2 rings (SSSR count). The van der Waals surface area contributed by atoms with Gasteiger partial charge in [0.25, 0.3) is 10.0 Å². The van der Waals surface area contributed by atoms with Gasteiger partial charge in [-0.3, -0.25) is 4.72 Å². The summed E-state index contributed by atoms with van der Waals surface area (Å²) in [5.74, 6) is 0.293. The fourth-order valence-electron chi connectivity index (χ4n) is 1.70. The van der Waals surface area contributed by atoms with Gasteiger partial charge in [0.05, 0.1) is 4.90 Å². The van der Waals surface area contributed by atoms with E-state index in [1.165, 1.54) is 6.07 Å². The van der Waals surface area contributed by atoms with E-state index in [1.807, 2.05) is 0 Å². The normalized spacial score (nSPS) is 11.3. The molecule has 2 aromatic rings. The lowest BCUT2D eigenvalue weighted by atomic mass is 10.2. The summed E-state index contributed by atoms with van der Waals surface area (Å²) in [6.45, 7) is 3.52. The molecule has 0 atom stereocenters. The van der Waals surface area contributed by atoms with Crippen molar-refractivity contribution in [3.05, 3.63) is 47.7 Å². The smallest absolute Gasteiger partial charge is 0.263 e. The highest BCUT2D eigenvalue weighted by Gasteiger charge is 2.17. The Balaban J connectivity index is 2.40. The van der Waals surface area contributed by atoms with E-state index in [4.69, 9.17) is 5.73 Å². The first-order valence-corrected chi connectivity index (χ1v) is 7.19. The van der Waals surface area contributed by atoms with Crippen molar-refractivity contribution in [2.45, 2.75) is 18.7 Å². The number of aromatic nitrogens is 1. The van der Waals surface area contributed by atoms with E-state index < -0.39 is 10.0 Å². The van der Waals surface area contributed by atoms with Gasteiger partial charge in [-0.25, -0.2) is 13.4 Å². The number of sulfonamides is 1. The zero-order valence-electron chi connectivity index (χ0n) is 10.7. The number of nitrogen functional groups attached to an aromatic ring is 1. The molecule has 0 aliphatic carbocycles. The Kier molecular flexibility index (Phi) is 3.44. The minimum absolute atomic E-state index is 0.163. The summed E-state index contributed by atoms with van der Waals surface area (Å²) in [5, 5.41) is 0. The van der Waals surface area contributed by atoms with E-state index in [-0.39, 0.29) is 4.90 Å². The predicted molar refractivity (Wildman–Crippen MR) is 75.4 cm³/mol. The largest absolute Gasteiger partial charge is 0.399 e. The van der Waals surface area contributed by atoms with Gasteiger partial charge >= 0.3 is 0 Å². The number of pyridine rings is 1. The van der Waals surface area contributed by atoms with E-state index in [1.54, 1.807) is 44.2 Å². The molecule has 0 radical (unpaired) electrons. The van der Waals surface area contributed by atoms with Gasteiger partial charge in [-0.15, -0.1) is 0 Å². The first-order valence-electron chi connectivity index (χ1n) is 5.71. The Morgan fingerprint density at radius 1 is 1.16 bits per heavy atom. The molecule has 0 amide bonds. The molecule has 1 heterocycles. The summed E-state index contributed by atoms with van der Waals surface area (Å²) in [4.78, 5) is 4.28. The van der Waals surface area contributed by atoms with Crippen LogP contribution in [0, 0.1) is 13.8 Å². The minimum Gasteiger partial charge on any atom is -0.399 e. The molecule has 0 fully saturated rings. The molecule has 0 unspecified atom stereocenters. The van der Waals surface area contributed by atoms with Gasteiger partial charge in [-0.05, 0) is 43.7 Å². The number of nitrogens with zero attached hydrogens (tertiary/aromatic N) is 1. The highest BCUT2D eigenvalue weighted by atomic mass is 32.2. The molecular weight excluding hydrogens is 262 g/mol. The maximum atomic E-state index is 12.3. The lowest BCUT2D eigenvalue weighted by Crippen LogP contribution is -2.15. The van der Waals surface area contributed by atoms with Gasteiger partial charge in [0.15, 0.2) is 0 Å². The van der Waals surface area contributed by atoms with E-state index >= 15 is 0 Å². The molecule has 0 saturated heterocycles. The van der Waals surface area contributed by atoms with E-state index in [2.05, 4.69) is 9.71 Å². The molecule has 1 aromatic carbocycles. The highest BCUT2D eigenvalue weighted by Crippen LogP contribution is 2.20. The minimum atomic E-state index is -3.68. The molecule has 3 N–H and O–H groups in total. The molecular formula is C13H15N3O2S. The second-order valence-corrected chi connectivity index (χ2v) is 5.95. The molecule has 19 heavy (non-hydrogen) atoms. The first kappa shape index (κ1) is 13.4. The summed E-state index contributed by atoms with van der Waals surface area (Å²) in [5.41, 5.74) is 7.41. The fraction of sp³-hybridized carbons (Fsp3) is 0.154. The van der Waals surface area contributed by atoms with Crippen molar-refractivity contribution in [1.29, 1.82) is 0 Å². The van der Waals surface area contributed by atoms with Crippen LogP contribution in [0.3, 0.4) is 0 Å². The monoisotopic (exact) mass is 277 g/mol. The third-order valence-corrected chi connectivity index (χ3v) is 4.13. The van der Waals surface area contributed by atoms with Crippen molar-refractivity contribution in [3.8, 4) is 0 Å². The topological polar surface area (TPSA) is 85.1 Å². The van der Waals surface area contributed by atoms with Gasteiger partial charge in [0.2, 0.25) is 0 Å². The van der Waals surface area contributed by atoms with Crippen molar-refractivity contribution < 1.29 is 8.42 Å². The molecule has 0 spiro atoms. The quantitative estimate of drug-likeness (QED) is 0.841. The lowest BCUT2D eigenvalue weighted by Gasteiger charge is -2.10. The van der Waals surface area contributed by atoms with Crippen LogP contribution in [0.5, 0.6) is 0 Å². The molecule has 0 aliphatic heterocycles. The summed E-state index contributed by atoms with van der Waals surface area (Å²) in [7, 11) is -3.68. The highest BCUT2D eigenvalue weighted by molar-refractivity contribution is 7.92. The third-order valence-electron chi connectivity index (χ3n) is 2.63. The third kappa shape index (κ3) is 3.03. The second-order valence-electron chi connectivity index (χ2n) is 4.29. The Morgan fingerprint density at radius 3 is 2.58 bits per heavy atom. The molecule has 1 aromatic heterocycles. The number of aryl methyl sites for hydroxylation is 2. The average Bonchev–Trinajstić information content (AvgIpc) is 2.31. The van der Waals surface area contributed by atoms with Crippen LogP contribution in [-0.4, -0.2) is 13.4 Å². The van der Waals surface area contributed by atoms with Crippen LogP contribution in [-0.2, 0) is 10.0 Å². The fourth-order valence-corrected chi connectivity index (χ4v) is 2.98. The number of hydrogen-bond acceptors (Lipinski definition) is 4. The van der Waals surface area contributed by atoms with Gasteiger partial charge in [0, 0.05) is 11.4 Å². The summed E-state index contributed by atoms with van der Waals surface area (Å²) >= 11 is 0. The molecule has 5 nitrogen and oxygen atoms in total. The van der Waals surface area contributed by atoms with Gasteiger partial charge in [0.1, 0.15) is 5.82 Å². The van der Waals surface area contributed by atoms with E-state index in [0.29, 0.717) is 17.1 Å².